The van der Waals surface area contributed by atoms with Gasteiger partial charge in [-0.05, 0) is 42.8 Å². The summed E-state index contributed by atoms with van der Waals surface area (Å²) in [5.74, 6) is 1.21. The van der Waals surface area contributed by atoms with E-state index in [9.17, 15) is 9.59 Å². The van der Waals surface area contributed by atoms with Crippen LogP contribution >= 0.6 is 0 Å². The van der Waals surface area contributed by atoms with E-state index in [-0.39, 0.29) is 24.1 Å². The zero-order chi connectivity index (χ0) is 21.5. The van der Waals surface area contributed by atoms with Crippen LogP contribution in [0.4, 0.5) is 0 Å². The number of allylic oxidation sites excluding steroid dienone is 1. The Labute approximate surface area is 174 Å². The number of ketones is 1. The number of fused-ring (bicyclic) bond motifs is 1. The molecule has 30 heavy (non-hydrogen) atoms. The summed E-state index contributed by atoms with van der Waals surface area (Å²) in [6.45, 7) is 2.27. The van der Waals surface area contributed by atoms with Crippen molar-refractivity contribution < 1.29 is 28.2 Å². The maximum absolute atomic E-state index is 12.5. The molecule has 7 heteroatoms. The molecular weight excluding hydrogens is 386 g/mol. The maximum Gasteiger partial charge on any atom is 0.257 e. The second-order valence-corrected chi connectivity index (χ2v) is 6.34. The molecule has 0 saturated heterocycles. The Morgan fingerprint density at radius 1 is 1.03 bits per heavy atom. The van der Waals surface area contributed by atoms with Gasteiger partial charge in [-0.3, -0.25) is 9.59 Å². The molecule has 3 aromatic rings. The van der Waals surface area contributed by atoms with Crippen LogP contribution in [0.3, 0.4) is 0 Å². The van der Waals surface area contributed by atoms with Crippen LogP contribution in [0.15, 0.2) is 53.0 Å². The number of para-hydroxylation sites is 1. The highest BCUT2D eigenvalue weighted by molar-refractivity contribution is 6.07. The van der Waals surface area contributed by atoms with Crippen molar-refractivity contribution in [3.8, 4) is 17.2 Å². The number of rotatable bonds is 9. The highest BCUT2D eigenvalue weighted by Crippen LogP contribution is 2.30. The smallest absolute Gasteiger partial charge is 0.257 e. The molecule has 156 valence electrons. The molecule has 1 amide bonds. The van der Waals surface area contributed by atoms with Gasteiger partial charge in [0.1, 0.15) is 0 Å². The van der Waals surface area contributed by atoms with Gasteiger partial charge in [0.05, 0.1) is 14.2 Å². The maximum atomic E-state index is 12.5. The normalized spacial score (nSPS) is 10.9. The minimum atomic E-state index is -0.274. The van der Waals surface area contributed by atoms with E-state index in [0.717, 1.165) is 10.9 Å². The van der Waals surface area contributed by atoms with Gasteiger partial charge in [0.25, 0.3) is 5.91 Å². The van der Waals surface area contributed by atoms with E-state index in [2.05, 4.69) is 5.32 Å². The highest BCUT2D eigenvalue weighted by Gasteiger charge is 2.13. The van der Waals surface area contributed by atoms with E-state index in [1.807, 2.05) is 19.1 Å². The molecule has 1 aromatic heterocycles. The molecule has 0 fully saturated rings. The fraction of sp³-hybridized carbons (Fsp3) is 0.217. The molecule has 0 radical (unpaired) electrons. The van der Waals surface area contributed by atoms with Crippen molar-refractivity contribution >= 4 is 28.7 Å². The number of hydrogen-bond donors (Lipinski definition) is 1. The molecule has 1 N–H and O–H groups in total. The third-order valence-corrected chi connectivity index (χ3v) is 4.32. The highest BCUT2D eigenvalue weighted by atomic mass is 16.5. The van der Waals surface area contributed by atoms with Gasteiger partial charge in [0.2, 0.25) is 5.78 Å². The number of carbonyl (C=O) groups is 2. The van der Waals surface area contributed by atoms with Crippen LogP contribution in [0.1, 0.15) is 23.0 Å². The van der Waals surface area contributed by atoms with E-state index in [1.54, 1.807) is 43.5 Å². The summed E-state index contributed by atoms with van der Waals surface area (Å²) in [6, 6.07) is 12.3. The number of amides is 1. The summed E-state index contributed by atoms with van der Waals surface area (Å²) >= 11 is 0. The Balaban J connectivity index is 1.73. The van der Waals surface area contributed by atoms with Crippen molar-refractivity contribution in [2.24, 2.45) is 0 Å². The molecule has 0 aliphatic carbocycles. The van der Waals surface area contributed by atoms with Crippen LogP contribution in [0, 0.1) is 0 Å². The zero-order valence-electron chi connectivity index (χ0n) is 17.1. The van der Waals surface area contributed by atoms with Crippen molar-refractivity contribution in [1.82, 2.24) is 5.32 Å². The van der Waals surface area contributed by atoms with Crippen LogP contribution < -0.4 is 19.5 Å². The standard InChI is InChI=1S/C23H23NO6/c1-4-24-22(26)14-29-18-11-9-15(12-21(18)28-3)8-10-17(25)20-13-16-6-5-7-19(27-2)23(16)30-20/h5-13H,4,14H2,1-3H3,(H,24,26)/b10-8+. The lowest BCUT2D eigenvalue weighted by Gasteiger charge is -2.11. The first kappa shape index (κ1) is 21.0. The van der Waals surface area contributed by atoms with Gasteiger partial charge in [-0.15, -0.1) is 0 Å². The number of ether oxygens (including phenoxy) is 3. The molecule has 0 bridgehead atoms. The fourth-order valence-corrected chi connectivity index (χ4v) is 2.87. The summed E-state index contributed by atoms with van der Waals surface area (Å²) in [4.78, 5) is 24.1. The lowest BCUT2D eigenvalue weighted by molar-refractivity contribution is -0.123. The number of furan rings is 1. The summed E-state index contributed by atoms with van der Waals surface area (Å²) in [7, 11) is 3.06. The van der Waals surface area contributed by atoms with Crippen molar-refractivity contribution in [3.63, 3.8) is 0 Å². The van der Waals surface area contributed by atoms with Crippen molar-refractivity contribution in [2.75, 3.05) is 27.4 Å². The lowest BCUT2D eigenvalue weighted by atomic mass is 10.1. The second kappa shape index (κ2) is 9.65. The van der Waals surface area contributed by atoms with E-state index >= 15 is 0 Å². The Bertz CT molecular complexity index is 1080. The number of hydrogen-bond acceptors (Lipinski definition) is 6. The second-order valence-electron chi connectivity index (χ2n) is 6.34. The van der Waals surface area contributed by atoms with Gasteiger partial charge in [-0.1, -0.05) is 24.3 Å². The van der Waals surface area contributed by atoms with Crippen LogP contribution in [0.2, 0.25) is 0 Å². The summed E-state index contributed by atoms with van der Waals surface area (Å²) in [5.41, 5.74) is 1.27. The monoisotopic (exact) mass is 409 g/mol. The topological polar surface area (TPSA) is 87.0 Å². The summed E-state index contributed by atoms with van der Waals surface area (Å²) in [6.07, 6.45) is 3.08. The van der Waals surface area contributed by atoms with Crippen LogP contribution in [-0.2, 0) is 4.79 Å². The molecule has 3 rings (SSSR count). The SMILES string of the molecule is CCNC(=O)COc1ccc(/C=C/C(=O)c2cc3cccc(OC)c3o2)cc1OC. The quantitative estimate of drug-likeness (QED) is 0.427. The average molecular weight is 409 g/mol. The minimum Gasteiger partial charge on any atom is -0.493 e. The zero-order valence-corrected chi connectivity index (χ0v) is 17.1. The number of nitrogens with one attached hydrogen (secondary N) is 1. The Kier molecular flexibility index (Phi) is 6.75. The molecule has 0 atom stereocenters. The Morgan fingerprint density at radius 3 is 2.57 bits per heavy atom. The van der Waals surface area contributed by atoms with Crippen molar-refractivity contribution in [1.29, 1.82) is 0 Å². The molecule has 1 heterocycles. The first-order chi connectivity index (χ1) is 14.5. The molecule has 0 aliphatic heterocycles. The number of benzene rings is 2. The van der Waals surface area contributed by atoms with Crippen LogP contribution in [-0.4, -0.2) is 39.1 Å². The minimum absolute atomic E-state index is 0.104. The molecule has 0 unspecified atom stereocenters. The Hall–Kier alpha value is -3.74. The Morgan fingerprint density at radius 2 is 1.83 bits per heavy atom. The third kappa shape index (κ3) is 4.81. The van der Waals surface area contributed by atoms with Crippen LogP contribution in [0.5, 0.6) is 17.2 Å². The molecular formula is C23H23NO6. The number of carbonyl (C=O) groups excluding carboxylic acids is 2. The summed E-state index contributed by atoms with van der Waals surface area (Å²) < 4.78 is 21.8. The van der Waals surface area contributed by atoms with E-state index < -0.39 is 0 Å². The molecule has 7 nitrogen and oxygen atoms in total. The first-order valence-electron chi connectivity index (χ1n) is 9.42. The van der Waals surface area contributed by atoms with Gasteiger partial charge < -0.3 is 23.9 Å². The molecule has 2 aromatic carbocycles. The number of likely N-dealkylation sites (N-methyl/N-ethyl adjacent to an activating group) is 1. The van der Waals surface area contributed by atoms with E-state index in [1.165, 1.54) is 13.2 Å². The van der Waals surface area contributed by atoms with Gasteiger partial charge in [-0.25, -0.2) is 0 Å². The van der Waals surface area contributed by atoms with E-state index in [4.69, 9.17) is 18.6 Å². The predicted molar refractivity (Wildman–Crippen MR) is 113 cm³/mol. The molecule has 0 saturated carbocycles. The summed E-state index contributed by atoms with van der Waals surface area (Å²) in [5, 5.41) is 3.45. The molecule has 0 spiro atoms. The number of methoxy groups -OCH3 is 2. The molecule has 0 aliphatic rings. The van der Waals surface area contributed by atoms with Crippen molar-refractivity contribution in [3.05, 3.63) is 59.9 Å². The average Bonchev–Trinajstić information content (AvgIpc) is 3.21. The lowest BCUT2D eigenvalue weighted by Crippen LogP contribution is -2.28. The largest absolute Gasteiger partial charge is 0.493 e. The first-order valence-corrected chi connectivity index (χ1v) is 9.42. The fourth-order valence-electron chi connectivity index (χ4n) is 2.87. The van der Waals surface area contributed by atoms with Gasteiger partial charge >= 0.3 is 0 Å². The van der Waals surface area contributed by atoms with Gasteiger partial charge in [0, 0.05) is 11.9 Å². The van der Waals surface area contributed by atoms with Crippen molar-refractivity contribution in [2.45, 2.75) is 6.92 Å². The predicted octanol–water partition coefficient (Wildman–Crippen LogP) is 3.86. The van der Waals surface area contributed by atoms with Gasteiger partial charge in [0.15, 0.2) is 35.2 Å². The van der Waals surface area contributed by atoms with Gasteiger partial charge in [-0.2, -0.15) is 0 Å². The third-order valence-electron chi connectivity index (χ3n) is 4.32. The van der Waals surface area contributed by atoms with E-state index in [0.29, 0.717) is 29.4 Å². The van der Waals surface area contributed by atoms with Crippen LogP contribution in [0.25, 0.3) is 17.0 Å².